The Hall–Kier alpha value is -4.05. The van der Waals surface area contributed by atoms with Crippen molar-refractivity contribution in [3.63, 3.8) is 0 Å². The van der Waals surface area contributed by atoms with Gasteiger partial charge in [0.1, 0.15) is 18.1 Å². The van der Waals surface area contributed by atoms with Crippen LogP contribution in [0.25, 0.3) is 10.9 Å². The third-order valence-corrected chi connectivity index (χ3v) is 8.77. The number of fused-ring (bicyclic) bond motifs is 1. The summed E-state index contributed by atoms with van der Waals surface area (Å²) >= 11 is 6.26. The van der Waals surface area contributed by atoms with Crippen molar-refractivity contribution in [1.29, 1.82) is 0 Å². The number of H-pyrrole nitrogens is 1. The first-order chi connectivity index (χ1) is 21.5. The van der Waals surface area contributed by atoms with E-state index in [0.29, 0.717) is 30.1 Å². The summed E-state index contributed by atoms with van der Waals surface area (Å²) in [5.41, 5.74) is 3.10. The average molecular weight is 638 g/mol. The number of nitrogens with one attached hydrogen (secondary N) is 4. The Bertz CT molecular complexity index is 1500. The zero-order valence-corrected chi connectivity index (χ0v) is 27.0. The lowest BCUT2D eigenvalue weighted by molar-refractivity contribution is -0.142. The fourth-order valence-electron chi connectivity index (χ4n) is 5.78. The van der Waals surface area contributed by atoms with E-state index >= 15 is 0 Å². The van der Waals surface area contributed by atoms with Crippen LogP contribution >= 0.6 is 11.6 Å². The third kappa shape index (κ3) is 9.23. The van der Waals surface area contributed by atoms with Crippen molar-refractivity contribution in [3.8, 4) is 0 Å². The summed E-state index contributed by atoms with van der Waals surface area (Å²) in [6.45, 7) is 6.99. The number of aromatic nitrogens is 1. The third-order valence-electron chi connectivity index (χ3n) is 8.37. The summed E-state index contributed by atoms with van der Waals surface area (Å²) in [6.07, 6.45) is 6.26. The molecule has 3 atom stereocenters. The summed E-state index contributed by atoms with van der Waals surface area (Å²) in [4.78, 5) is 58.1. The molecular formula is C34H44ClN5O5. The number of carboxylic acid groups (broad SMARTS) is 1. The Labute approximate surface area is 269 Å². The number of aromatic amines is 1. The molecule has 242 valence electrons. The van der Waals surface area contributed by atoms with Gasteiger partial charge < -0.3 is 30.9 Å². The van der Waals surface area contributed by atoms with Crippen molar-refractivity contribution < 1.29 is 24.3 Å². The molecule has 0 bridgehead atoms. The molecule has 2 aromatic carbocycles. The zero-order chi connectivity index (χ0) is 32.5. The second-order valence-electron chi connectivity index (χ2n) is 12.3. The summed E-state index contributed by atoms with van der Waals surface area (Å²) < 4.78 is 0. The van der Waals surface area contributed by atoms with Crippen LogP contribution in [0.15, 0.2) is 48.7 Å². The molecule has 0 saturated carbocycles. The lowest BCUT2D eigenvalue weighted by Gasteiger charge is -2.28. The van der Waals surface area contributed by atoms with Crippen LogP contribution in [0.4, 0.5) is 4.79 Å². The first-order valence-electron chi connectivity index (χ1n) is 15.7. The topological polar surface area (TPSA) is 144 Å². The van der Waals surface area contributed by atoms with Gasteiger partial charge in [-0.1, -0.05) is 68.6 Å². The maximum absolute atomic E-state index is 13.8. The highest BCUT2D eigenvalue weighted by Gasteiger charge is 2.32. The number of hydrogen-bond donors (Lipinski definition) is 5. The van der Waals surface area contributed by atoms with E-state index in [1.54, 1.807) is 36.2 Å². The minimum Gasteiger partial charge on any atom is -0.480 e. The van der Waals surface area contributed by atoms with Crippen LogP contribution < -0.4 is 16.0 Å². The van der Waals surface area contributed by atoms with Crippen molar-refractivity contribution >= 4 is 46.3 Å². The van der Waals surface area contributed by atoms with Crippen LogP contribution in [0, 0.1) is 12.8 Å². The Balaban J connectivity index is 1.57. The van der Waals surface area contributed by atoms with Crippen LogP contribution in [0.1, 0.15) is 62.6 Å². The quantitative estimate of drug-likeness (QED) is 0.191. The zero-order valence-electron chi connectivity index (χ0n) is 26.2. The highest BCUT2D eigenvalue weighted by atomic mass is 35.5. The number of aliphatic carboxylic acids is 1. The number of likely N-dealkylation sites (tertiary alicyclic amines) is 1. The molecule has 0 radical (unpaired) electrons. The standard InChI is InChI=1S/C34H44ClN5O5/c1-21(2)17-28(39-34(45)40-15-8-4-5-9-16-40)31(41)37-29(19-24-20-36-27-14-7-6-12-25(24)27)32(42)38-30(33(43)44)18-23-11-10-13-26(35)22(23)3/h6-7,10-14,20-21,28-30,36H,4-5,8-9,15-19H2,1-3H3,(H,37,41)(H,38,42)(H,39,45)(H,43,44)/t28-,29+,30+/m0/s1. The second-order valence-corrected chi connectivity index (χ2v) is 12.7. The first-order valence-corrected chi connectivity index (χ1v) is 16.1. The van der Waals surface area contributed by atoms with Crippen molar-refractivity contribution in [2.75, 3.05) is 13.1 Å². The van der Waals surface area contributed by atoms with Gasteiger partial charge in [0.2, 0.25) is 11.8 Å². The number of halogens is 1. The van der Waals surface area contributed by atoms with Gasteiger partial charge >= 0.3 is 12.0 Å². The molecule has 4 rings (SSSR count). The van der Waals surface area contributed by atoms with Crippen LogP contribution in [-0.2, 0) is 27.2 Å². The number of nitrogens with zero attached hydrogens (tertiary/aromatic N) is 1. The fraction of sp³-hybridized carbons (Fsp3) is 0.471. The molecule has 5 N–H and O–H groups in total. The number of amides is 4. The molecule has 1 aromatic heterocycles. The molecule has 1 fully saturated rings. The summed E-state index contributed by atoms with van der Waals surface area (Å²) in [5.74, 6) is -2.25. The van der Waals surface area contributed by atoms with Crippen molar-refractivity contribution in [2.45, 2.75) is 83.8 Å². The highest BCUT2D eigenvalue weighted by molar-refractivity contribution is 6.31. The molecule has 0 aliphatic carbocycles. The molecule has 3 aromatic rings. The van der Waals surface area contributed by atoms with E-state index in [-0.39, 0.29) is 24.8 Å². The van der Waals surface area contributed by atoms with E-state index in [1.807, 2.05) is 38.1 Å². The lowest BCUT2D eigenvalue weighted by Crippen LogP contribution is -2.58. The van der Waals surface area contributed by atoms with Crippen LogP contribution in [0.2, 0.25) is 5.02 Å². The van der Waals surface area contributed by atoms with E-state index in [9.17, 15) is 24.3 Å². The number of carbonyl (C=O) groups is 4. The van der Waals surface area contributed by atoms with Crippen molar-refractivity contribution in [1.82, 2.24) is 25.8 Å². The number of rotatable bonds is 12. The molecule has 1 saturated heterocycles. The van der Waals surface area contributed by atoms with Gasteiger partial charge in [0.05, 0.1) is 0 Å². The molecule has 11 heteroatoms. The molecule has 1 aliphatic heterocycles. The largest absolute Gasteiger partial charge is 0.480 e. The van der Waals surface area contributed by atoms with Crippen LogP contribution in [0.5, 0.6) is 0 Å². The average Bonchev–Trinajstić information content (AvgIpc) is 3.20. The Morgan fingerprint density at radius 1 is 0.844 bits per heavy atom. The summed E-state index contributed by atoms with van der Waals surface area (Å²) in [7, 11) is 0. The van der Waals surface area contributed by atoms with Crippen molar-refractivity contribution in [3.05, 3.63) is 70.4 Å². The predicted molar refractivity (Wildman–Crippen MR) is 175 cm³/mol. The number of para-hydroxylation sites is 1. The molecule has 0 unspecified atom stereocenters. The number of carboxylic acids is 1. The van der Waals surface area contributed by atoms with E-state index in [0.717, 1.165) is 47.7 Å². The summed E-state index contributed by atoms with van der Waals surface area (Å²) in [5, 5.41) is 19.9. The van der Waals surface area contributed by atoms with E-state index in [4.69, 9.17) is 11.6 Å². The van der Waals surface area contributed by atoms with Crippen LogP contribution in [0.3, 0.4) is 0 Å². The molecule has 2 heterocycles. The van der Waals surface area contributed by atoms with Gasteiger partial charge in [-0.05, 0) is 60.9 Å². The van der Waals surface area contributed by atoms with E-state index < -0.39 is 35.9 Å². The van der Waals surface area contributed by atoms with Gasteiger partial charge in [-0.3, -0.25) is 9.59 Å². The maximum Gasteiger partial charge on any atom is 0.326 e. The van der Waals surface area contributed by atoms with Gasteiger partial charge in [-0.2, -0.15) is 0 Å². The minimum atomic E-state index is -1.26. The Morgan fingerprint density at radius 2 is 1.49 bits per heavy atom. The van der Waals surface area contributed by atoms with Gasteiger partial charge in [0.25, 0.3) is 0 Å². The molecule has 45 heavy (non-hydrogen) atoms. The van der Waals surface area contributed by atoms with E-state index in [2.05, 4.69) is 20.9 Å². The van der Waals surface area contributed by atoms with Crippen LogP contribution in [-0.4, -0.2) is 70.0 Å². The maximum atomic E-state index is 13.8. The molecule has 4 amide bonds. The molecule has 10 nitrogen and oxygen atoms in total. The number of hydrogen-bond acceptors (Lipinski definition) is 4. The predicted octanol–water partition coefficient (Wildman–Crippen LogP) is 4.97. The second kappa shape index (κ2) is 15.8. The molecule has 0 spiro atoms. The van der Waals surface area contributed by atoms with Gasteiger partial charge in [0, 0.05) is 48.1 Å². The first kappa shape index (κ1) is 33.8. The fourth-order valence-corrected chi connectivity index (χ4v) is 5.98. The van der Waals surface area contributed by atoms with Gasteiger partial charge in [0.15, 0.2) is 0 Å². The molecule has 1 aliphatic rings. The van der Waals surface area contributed by atoms with Crippen molar-refractivity contribution in [2.24, 2.45) is 5.92 Å². The van der Waals surface area contributed by atoms with E-state index in [1.165, 1.54) is 0 Å². The minimum absolute atomic E-state index is 0.0169. The summed E-state index contributed by atoms with van der Waals surface area (Å²) in [6, 6.07) is 9.32. The Morgan fingerprint density at radius 3 is 2.18 bits per heavy atom. The SMILES string of the molecule is Cc1c(Cl)cccc1C[C@@H](NC(=O)[C@@H](Cc1c[nH]c2ccccc12)NC(=O)[C@H](CC(C)C)NC(=O)N1CCCCCC1)C(=O)O. The smallest absolute Gasteiger partial charge is 0.326 e. The lowest BCUT2D eigenvalue weighted by atomic mass is 9.99. The Kier molecular flexibility index (Phi) is 11.9. The number of carbonyl (C=O) groups excluding carboxylic acids is 3. The number of urea groups is 1. The van der Waals surface area contributed by atoms with Gasteiger partial charge in [-0.25, -0.2) is 9.59 Å². The normalized spacial score (nSPS) is 15.6. The number of benzene rings is 2. The monoisotopic (exact) mass is 637 g/mol. The molecular weight excluding hydrogens is 594 g/mol. The van der Waals surface area contributed by atoms with Gasteiger partial charge in [-0.15, -0.1) is 0 Å². The highest BCUT2D eigenvalue weighted by Crippen LogP contribution is 2.22.